The number of rotatable bonds is 5. The molecule has 0 atom stereocenters. The molecule has 2 N–H and O–H groups in total. The Balaban J connectivity index is 2.26. The standard InChI is InChI=1S/C15H30N2O2S/c1-5-15(12-18)6-9-17(10-7-15)13(19)16-8-11-20-14(2,3)4/h18H,5-12H2,1-4H3,(H,16,19). The predicted octanol–water partition coefficient (Wildman–Crippen LogP) is 2.71. The molecule has 0 aromatic rings. The summed E-state index contributed by atoms with van der Waals surface area (Å²) in [5.41, 5.74) is 0.0405. The van der Waals surface area contributed by atoms with Crippen LogP contribution in [0.4, 0.5) is 4.79 Å². The number of aliphatic hydroxyl groups is 1. The van der Waals surface area contributed by atoms with Crippen molar-refractivity contribution < 1.29 is 9.90 Å². The van der Waals surface area contributed by atoms with Crippen molar-refractivity contribution in [1.82, 2.24) is 10.2 Å². The Bertz CT molecular complexity index is 301. The molecule has 0 aliphatic carbocycles. The largest absolute Gasteiger partial charge is 0.396 e. The van der Waals surface area contributed by atoms with Gasteiger partial charge in [-0.2, -0.15) is 11.8 Å². The fraction of sp³-hybridized carbons (Fsp3) is 0.933. The first kappa shape index (κ1) is 17.6. The van der Waals surface area contributed by atoms with Crippen LogP contribution in [0.5, 0.6) is 0 Å². The molecule has 0 aromatic carbocycles. The van der Waals surface area contributed by atoms with Crippen LogP contribution in [0.15, 0.2) is 0 Å². The molecule has 0 aromatic heterocycles. The summed E-state index contributed by atoms with van der Waals surface area (Å²) in [6.45, 7) is 11.1. The molecular weight excluding hydrogens is 272 g/mol. The molecule has 2 amide bonds. The number of thioether (sulfide) groups is 1. The quantitative estimate of drug-likeness (QED) is 0.768. The maximum Gasteiger partial charge on any atom is 0.317 e. The molecule has 1 heterocycles. The van der Waals surface area contributed by atoms with Crippen molar-refractivity contribution in [3.63, 3.8) is 0 Å². The average Bonchev–Trinajstić information content (AvgIpc) is 2.42. The summed E-state index contributed by atoms with van der Waals surface area (Å²) in [7, 11) is 0. The molecule has 1 fully saturated rings. The summed E-state index contributed by atoms with van der Waals surface area (Å²) in [5, 5.41) is 12.5. The second-order valence-electron chi connectivity index (χ2n) is 6.69. The maximum atomic E-state index is 12.1. The molecule has 1 aliphatic heterocycles. The zero-order valence-corrected chi connectivity index (χ0v) is 14.2. The Hall–Kier alpha value is -0.420. The lowest BCUT2D eigenvalue weighted by atomic mass is 9.77. The second-order valence-corrected chi connectivity index (χ2v) is 8.61. The molecule has 0 saturated carbocycles. The van der Waals surface area contributed by atoms with Gasteiger partial charge in [-0.3, -0.25) is 0 Å². The van der Waals surface area contributed by atoms with Gasteiger partial charge in [-0.15, -0.1) is 0 Å². The molecule has 1 rings (SSSR count). The third-order valence-electron chi connectivity index (χ3n) is 4.11. The van der Waals surface area contributed by atoms with E-state index in [4.69, 9.17) is 0 Å². The fourth-order valence-corrected chi connectivity index (χ4v) is 3.25. The highest BCUT2D eigenvalue weighted by atomic mass is 32.2. The monoisotopic (exact) mass is 302 g/mol. The lowest BCUT2D eigenvalue weighted by Gasteiger charge is -2.40. The van der Waals surface area contributed by atoms with Crippen LogP contribution in [0.2, 0.25) is 0 Å². The lowest BCUT2D eigenvalue weighted by molar-refractivity contribution is 0.0521. The van der Waals surface area contributed by atoms with Crippen molar-refractivity contribution in [2.75, 3.05) is 32.0 Å². The van der Waals surface area contributed by atoms with E-state index in [9.17, 15) is 9.90 Å². The Labute approximate surface area is 127 Å². The van der Waals surface area contributed by atoms with Crippen LogP contribution in [0.25, 0.3) is 0 Å². The van der Waals surface area contributed by atoms with Gasteiger partial charge < -0.3 is 15.3 Å². The Morgan fingerprint density at radius 3 is 2.40 bits per heavy atom. The molecule has 5 heteroatoms. The van der Waals surface area contributed by atoms with Crippen LogP contribution in [0.1, 0.15) is 47.0 Å². The third-order valence-corrected chi connectivity index (χ3v) is 5.38. The minimum Gasteiger partial charge on any atom is -0.396 e. The molecule has 1 saturated heterocycles. The average molecular weight is 302 g/mol. The van der Waals surface area contributed by atoms with E-state index in [0.717, 1.165) is 44.6 Å². The lowest BCUT2D eigenvalue weighted by Crippen LogP contribution is -2.48. The highest BCUT2D eigenvalue weighted by Gasteiger charge is 2.33. The fourth-order valence-electron chi connectivity index (χ4n) is 2.43. The van der Waals surface area contributed by atoms with Gasteiger partial charge in [-0.1, -0.05) is 27.7 Å². The van der Waals surface area contributed by atoms with Crippen molar-refractivity contribution in [3.05, 3.63) is 0 Å². The smallest absolute Gasteiger partial charge is 0.317 e. The minimum atomic E-state index is 0.0405. The van der Waals surface area contributed by atoms with E-state index in [1.807, 2.05) is 16.7 Å². The van der Waals surface area contributed by atoms with Crippen molar-refractivity contribution >= 4 is 17.8 Å². The van der Waals surface area contributed by atoms with Gasteiger partial charge in [0.1, 0.15) is 0 Å². The summed E-state index contributed by atoms with van der Waals surface area (Å²) in [5.74, 6) is 0.943. The predicted molar refractivity (Wildman–Crippen MR) is 86.2 cm³/mol. The van der Waals surface area contributed by atoms with Gasteiger partial charge in [0, 0.05) is 36.7 Å². The SMILES string of the molecule is CCC1(CO)CCN(C(=O)NCCSC(C)(C)C)CC1. The van der Waals surface area contributed by atoms with Crippen molar-refractivity contribution in [2.24, 2.45) is 5.41 Å². The minimum absolute atomic E-state index is 0.0405. The first-order valence-corrected chi connectivity index (χ1v) is 8.58. The van der Waals surface area contributed by atoms with Crippen molar-refractivity contribution in [1.29, 1.82) is 0 Å². The van der Waals surface area contributed by atoms with Crippen LogP contribution in [-0.2, 0) is 0 Å². The number of aliphatic hydroxyl groups excluding tert-OH is 1. The first-order valence-electron chi connectivity index (χ1n) is 7.59. The molecule has 1 aliphatic rings. The van der Waals surface area contributed by atoms with Gasteiger partial charge in [-0.25, -0.2) is 4.79 Å². The van der Waals surface area contributed by atoms with Gasteiger partial charge in [0.15, 0.2) is 0 Å². The number of amides is 2. The highest BCUT2D eigenvalue weighted by molar-refractivity contribution is 8.00. The van der Waals surface area contributed by atoms with Crippen LogP contribution in [0, 0.1) is 5.41 Å². The Kier molecular flexibility index (Phi) is 6.65. The zero-order valence-electron chi connectivity index (χ0n) is 13.4. The normalized spacial score (nSPS) is 18.9. The van der Waals surface area contributed by atoms with Gasteiger partial charge in [-0.05, 0) is 24.7 Å². The second kappa shape index (κ2) is 7.55. The molecule has 0 unspecified atom stereocenters. The number of nitrogens with zero attached hydrogens (tertiary/aromatic N) is 1. The molecule has 20 heavy (non-hydrogen) atoms. The Morgan fingerprint density at radius 1 is 1.35 bits per heavy atom. The van der Waals surface area contributed by atoms with Gasteiger partial charge in [0.2, 0.25) is 0 Å². The molecule has 0 bridgehead atoms. The number of carbonyl (C=O) groups is 1. The van der Waals surface area contributed by atoms with E-state index in [-0.39, 0.29) is 22.8 Å². The van der Waals surface area contributed by atoms with Crippen LogP contribution < -0.4 is 5.32 Å². The Morgan fingerprint density at radius 2 is 1.95 bits per heavy atom. The third kappa shape index (κ3) is 5.52. The summed E-state index contributed by atoms with van der Waals surface area (Å²) < 4.78 is 0.248. The molecule has 0 radical (unpaired) electrons. The van der Waals surface area contributed by atoms with Gasteiger partial charge in [0.25, 0.3) is 0 Å². The molecular formula is C15H30N2O2S. The van der Waals surface area contributed by atoms with E-state index in [2.05, 4.69) is 33.0 Å². The number of hydrogen-bond acceptors (Lipinski definition) is 3. The van der Waals surface area contributed by atoms with Crippen LogP contribution in [0.3, 0.4) is 0 Å². The number of carbonyl (C=O) groups excluding carboxylic acids is 1. The number of hydrogen-bond donors (Lipinski definition) is 2. The topological polar surface area (TPSA) is 52.6 Å². The van der Waals surface area contributed by atoms with Gasteiger partial charge in [0.05, 0.1) is 0 Å². The number of likely N-dealkylation sites (tertiary alicyclic amines) is 1. The number of piperidine rings is 1. The van der Waals surface area contributed by atoms with Crippen LogP contribution >= 0.6 is 11.8 Å². The molecule has 118 valence electrons. The maximum absolute atomic E-state index is 12.1. The molecule has 0 spiro atoms. The first-order chi connectivity index (χ1) is 9.32. The summed E-state index contributed by atoms with van der Waals surface area (Å²) in [6, 6.07) is 0.0437. The van der Waals surface area contributed by atoms with E-state index >= 15 is 0 Å². The summed E-state index contributed by atoms with van der Waals surface area (Å²) in [4.78, 5) is 13.9. The number of nitrogens with one attached hydrogen (secondary N) is 1. The number of urea groups is 1. The van der Waals surface area contributed by atoms with Gasteiger partial charge >= 0.3 is 6.03 Å². The van der Waals surface area contributed by atoms with E-state index in [1.165, 1.54) is 0 Å². The van der Waals surface area contributed by atoms with E-state index in [1.54, 1.807) is 0 Å². The van der Waals surface area contributed by atoms with Crippen molar-refractivity contribution in [2.45, 2.75) is 51.7 Å². The van der Waals surface area contributed by atoms with E-state index < -0.39 is 0 Å². The summed E-state index contributed by atoms with van der Waals surface area (Å²) in [6.07, 6.45) is 2.80. The van der Waals surface area contributed by atoms with Crippen LogP contribution in [-0.4, -0.2) is 52.8 Å². The molecule has 4 nitrogen and oxygen atoms in total. The van der Waals surface area contributed by atoms with E-state index in [0.29, 0.717) is 0 Å². The highest BCUT2D eigenvalue weighted by Crippen LogP contribution is 2.34. The summed E-state index contributed by atoms with van der Waals surface area (Å²) >= 11 is 1.86. The zero-order chi connectivity index (χ0) is 15.2. The van der Waals surface area contributed by atoms with Crippen molar-refractivity contribution in [3.8, 4) is 0 Å².